The van der Waals surface area contributed by atoms with Crippen LogP contribution in [-0.2, 0) is 4.79 Å². The number of pyridine rings is 1. The summed E-state index contributed by atoms with van der Waals surface area (Å²) < 4.78 is 20.1. The van der Waals surface area contributed by atoms with Gasteiger partial charge < -0.3 is 15.2 Å². The van der Waals surface area contributed by atoms with Crippen LogP contribution in [0.3, 0.4) is 0 Å². The molecule has 0 saturated heterocycles. The third-order valence-electron chi connectivity index (χ3n) is 4.63. The summed E-state index contributed by atoms with van der Waals surface area (Å²) in [4.78, 5) is 29.9. The van der Waals surface area contributed by atoms with Crippen LogP contribution in [-0.4, -0.2) is 45.8 Å². The molecule has 1 aliphatic heterocycles. The number of rotatable bonds is 3. The molecule has 9 nitrogen and oxygen atoms in total. The van der Waals surface area contributed by atoms with Gasteiger partial charge in [0.2, 0.25) is 0 Å². The molecule has 3 heterocycles. The smallest absolute Gasteiger partial charge is 0.265 e. The molecule has 2 aromatic heterocycles. The molecule has 0 unspecified atom stereocenters. The molecule has 0 fully saturated rings. The molecule has 4 rings (SSSR count). The van der Waals surface area contributed by atoms with Crippen LogP contribution in [0.4, 0.5) is 15.9 Å². The first-order valence-electron chi connectivity index (χ1n) is 8.71. The van der Waals surface area contributed by atoms with E-state index in [1.54, 1.807) is 13.0 Å². The van der Waals surface area contributed by atoms with Gasteiger partial charge in [-0.3, -0.25) is 19.6 Å². The van der Waals surface area contributed by atoms with E-state index in [0.717, 1.165) is 12.1 Å². The van der Waals surface area contributed by atoms with Crippen molar-refractivity contribution in [3.8, 4) is 22.8 Å². The van der Waals surface area contributed by atoms with E-state index in [1.807, 2.05) is 0 Å². The molecule has 11 heteroatoms. The Kier molecular flexibility index (Phi) is 4.78. The maximum absolute atomic E-state index is 14.8. The van der Waals surface area contributed by atoms with Gasteiger partial charge in [-0.15, -0.1) is 0 Å². The van der Waals surface area contributed by atoms with Crippen LogP contribution in [0.25, 0.3) is 11.3 Å². The molecule has 0 radical (unpaired) electrons. The Morgan fingerprint density at radius 3 is 2.87 bits per heavy atom. The molecule has 30 heavy (non-hydrogen) atoms. The lowest BCUT2D eigenvalue weighted by Crippen LogP contribution is -2.36. The fraction of sp³-hybridized carbons (Fsp3) is 0.158. The lowest BCUT2D eigenvalue weighted by atomic mass is 10.1. The Balaban J connectivity index is 1.68. The number of anilines is 2. The Morgan fingerprint density at radius 2 is 2.17 bits per heavy atom. The fourth-order valence-electron chi connectivity index (χ4n) is 2.96. The summed E-state index contributed by atoms with van der Waals surface area (Å²) in [5.41, 5.74) is 0.489. The first-order valence-corrected chi connectivity index (χ1v) is 9.09. The Hall–Kier alpha value is -3.66. The third-order valence-corrected chi connectivity index (χ3v) is 4.90. The van der Waals surface area contributed by atoms with Gasteiger partial charge in [-0.1, -0.05) is 11.6 Å². The number of aromatic amines is 1. The number of hydrogen-bond donors (Lipinski definition) is 3. The molecule has 0 aliphatic carbocycles. The lowest BCUT2D eigenvalue weighted by Gasteiger charge is -2.25. The van der Waals surface area contributed by atoms with E-state index in [1.165, 1.54) is 18.0 Å². The number of nitrogens with one attached hydrogen (secondary N) is 2. The first kappa shape index (κ1) is 19.6. The van der Waals surface area contributed by atoms with Crippen LogP contribution in [0.5, 0.6) is 11.5 Å². The molecule has 3 N–H and O–H groups in total. The van der Waals surface area contributed by atoms with Crippen molar-refractivity contribution in [2.75, 3.05) is 23.9 Å². The van der Waals surface area contributed by atoms with Gasteiger partial charge in [0.1, 0.15) is 22.4 Å². The van der Waals surface area contributed by atoms with Crippen molar-refractivity contribution in [2.45, 2.75) is 6.92 Å². The second kappa shape index (κ2) is 7.30. The molecular weight excluding hydrogens is 417 g/mol. The predicted octanol–water partition coefficient (Wildman–Crippen LogP) is 2.89. The van der Waals surface area contributed by atoms with E-state index in [4.69, 9.17) is 16.3 Å². The predicted molar refractivity (Wildman–Crippen MR) is 106 cm³/mol. The summed E-state index contributed by atoms with van der Waals surface area (Å²) in [6.45, 7) is 1.51. The number of amides is 2. The number of hydrogen-bond acceptors (Lipinski definition) is 6. The number of carbonyl (C=O) groups excluding carboxylic acids is 2. The monoisotopic (exact) mass is 431 g/mol. The van der Waals surface area contributed by atoms with Crippen molar-refractivity contribution < 1.29 is 23.8 Å². The SMILES string of the molecule is Cc1n[nH]c(Cl)c1NC(=O)c1cc(F)c(-c2ccc3c(n2)N(C)C(=O)CO3)cc1O. The first-order chi connectivity index (χ1) is 14.3. The largest absolute Gasteiger partial charge is 0.507 e. The highest BCUT2D eigenvalue weighted by molar-refractivity contribution is 6.33. The van der Waals surface area contributed by atoms with E-state index < -0.39 is 17.5 Å². The van der Waals surface area contributed by atoms with Crippen LogP contribution >= 0.6 is 11.6 Å². The summed E-state index contributed by atoms with van der Waals surface area (Å²) in [5, 5.41) is 19.3. The maximum Gasteiger partial charge on any atom is 0.265 e. The van der Waals surface area contributed by atoms with E-state index in [-0.39, 0.29) is 46.0 Å². The fourth-order valence-corrected chi connectivity index (χ4v) is 3.19. The lowest BCUT2D eigenvalue weighted by molar-refractivity contribution is -0.121. The molecule has 154 valence electrons. The highest BCUT2D eigenvalue weighted by Gasteiger charge is 2.25. The van der Waals surface area contributed by atoms with Gasteiger partial charge in [-0.2, -0.15) is 5.10 Å². The number of benzene rings is 1. The second-order valence-electron chi connectivity index (χ2n) is 6.56. The maximum atomic E-state index is 14.8. The number of phenols is 1. The topological polar surface area (TPSA) is 120 Å². The van der Waals surface area contributed by atoms with E-state index in [0.29, 0.717) is 11.4 Å². The molecule has 0 saturated carbocycles. The van der Waals surface area contributed by atoms with Gasteiger partial charge in [0.05, 0.1) is 17.0 Å². The summed E-state index contributed by atoms with van der Waals surface area (Å²) in [7, 11) is 1.53. The molecule has 0 bridgehead atoms. The van der Waals surface area contributed by atoms with E-state index in [9.17, 15) is 19.1 Å². The zero-order valence-electron chi connectivity index (χ0n) is 15.8. The third kappa shape index (κ3) is 3.30. The molecule has 1 aliphatic rings. The summed E-state index contributed by atoms with van der Waals surface area (Å²) in [5.74, 6) is -1.69. The number of aryl methyl sites for hydroxylation is 1. The van der Waals surface area contributed by atoms with Crippen LogP contribution in [0.15, 0.2) is 24.3 Å². The molecule has 2 amide bonds. The molecule has 1 aromatic carbocycles. The van der Waals surface area contributed by atoms with Crippen molar-refractivity contribution in [2.24, 2.45) is 0 Å². The molecule has 3 aromatic rings. The summed E-state index contributed by atoms with van der Waals surface area (Å²) in [6.07, 6.45) is 0. The normalized spacial score (nSPS) is 13.1. The minimum Gasteiger partial charge on any atom is -0.507 e. The van der Waals surface area contributed by atoms with Gasteiger partial charge >= 0.3 is 0 Å². The number of phenolic OH excluding ortho intramolecular Hbond substituents is 1. The number of aromatic hydroxyl groups is 1. The number of ether oxygens (including phenoxy) is 1. The minimum absolute atomic E-state index is 0.0456. The Labute approximate surface area is 174 Å². The second-order valence-corrected chi connectivity index (χ2v) is 6.94. The number of carbonyl (C=O) groups is 2. The number of aromatic nitrogens is 3. The van der Waals surface area contributed by atoms with Gasteiger partial charge in [-0.25, -0.2) is 9.37 Å². The quantitative estimate of drug-likeness (QED) is 0.586. The number of fused-ring (bicyclic) bond motifs is 1. The van der Waals surface area contributed by atoms with Gasteiger partial charge in [0, 0.05) is 12.6 Å². The Morgan fingerprint density at radius 1 is 1.40 bits per heavy atom. The van der Waals surface area contributed by atoms with Crippen molar-refractivity contribution >= 4 is 34.9 Å². The van der Waals surface area contributed by atoms with E-state index >= 15 is 0 Å². The average molecular weight is 432 g/mol. The number of H-pyrrole nitrogens is 1. The minimum atomic E-state index is -0.786. The highest BCUT2D eigenvalue weighted by Crippen LogP contribution is 2.35. The van der Waals surface area contributed by atoms with Crippen LogP contribution in [0, 0.1) is 12.7 Å². The zero-order chi connectivity index (χ0) is 21.6. The van der Waals surface area contributed by atoms with Crippen LogP contribution in [0.2, 0.25) is 5.15 Å². The molecule has 0 spiro atoms. The zero-order valence-corrected chi connectivity index (χ0v) is 16.5. The van der Waals surface area contributed by atoms with Crippen molar-refractivity contribution in [1.29, 1.82) is 0 Å². The van der Waals surface area contributed by atoms with Crippen LogP contribution in [0.1, 0.15) is 16.1 Å². The molecular formula is C19H15ClFN5O4. The number of likely N-dealkylation sites (N-methyl/N-ethyl adjacent to an activating group) is 1. The van der Waals surface area contributed by atoms with Crippen molar-refractivity contribution in [3.63, 3.8) is 0 Å². The number of nitrogens with zero attached hydrogens (tertiary/aromatic N) is 3. The van der Waals surface area contributed by atoms with Crippen molar-refractivity contribution in [3.05, 3.63) is 46.5 Å². The Bertz CT molecular complexity index is 1180. The standard InChI is InChI=1S/C19H15ClFN5O4/c1-8-16(17(20)25-24-8)23-19(29)10-5-11(21)9(6-13(10)27)12-3-4-14-18(22-12)26(2)15(28)7-30-14/h3-6,27H,7H2,1-2H3,(H,23,29)(H,24,25). The molecule has 0 atom stereocenters. The van der Waals surface area contributed by atoms with E-state index in [2.05, 4.69) is 20.5 Å². The van der Waals surface area contributed by atoms with Gasteiger partial charge in [0.25, 0.3) is 11.8 Å². The summed E-state index contributed by atoms with van der Waals surface area (Å²) >= 11 is 5.92. The van der Waals surface area contributed by atoms with Crippen molar-refractivity contribution in [1.82, 2.24) is 15.2 Å². The summed E-state index contributed by atoms with van der Waals surface area (Å²) in [6, 6.07) is 5.04. The number of halogens is 2. The van der Waals surface area contributed by atoms with Gasteiger partial charge in [-0.05, 0) is 31.2 Å². The average Bonchev–Trinajstić information content (AvgIpc) is 3.04. The highest BCUT2D eigenvalue weighted by atomic mass is 35.5. The van der Waals surface area contributed by atoms with Crippen LogP contribution < -0.4 is 15.0 Å². The van der Waals surface area contributed by atoms with Gasteiger partial charge in [0.15, 0.2) is 18.2 Å².